The van der Waals surface area contributed by atoms with Gasteiger partial charge in [0.2, 0.25) is 6.79 Å². The zero-order valence-electron chi connectivity index (χ0n) is 22.7. The molecule has 0 saturated carbocycles. The van der Waals surface area contributed by atoms with Gasteiger partial charge in [-0.25, -0.2) is 19.4 Å². The van der Waals surface area contributed by atoms with Crippen molar-refractivity contribution < 1.29 is 14.3 Å². The third-order valence-corrected chi connectivity index (χ3v) is 6.98. The average molecular weight is 524 g/mol. The number of amides is 2. The van der Waals surface area contributed by atoms with E-state index in [1.165, 1.54) is 6.33 Å². The molecule has 0 atom stereocenters. The number of aromatic nitrogens is 4. The van der Waals surface area contributed by atoms with Crippen LogP contribution in [0.1, 0.15) is 33.6 Å². The fourth-order valence-corrected chi connectivity index (χ4v) is 5.05. The standard InChI is InChI=1S/C26H37N9O3/c1-26(2,3)31-25(36)30-18-7-6-17(21-22(18)38-15-37-21)20-19-23(27)28-14-29-24(19)35(32-20)13-12-34-10-8-16(9-11-34)33(4)5/h6-7,14,16H,8-13,15H2,1-5H3,(H2,27,28,29)(H2,30,31,36). The fraction of sp³-hybridized carbons (Fsp3) is 0.538. The third-order valence-electron chi connectivity index (χ3n) is 6.98. The highest BCUT2D eigenvalue weighted by Gasteiger charge is 2.28. The maximum Gasteiger partial charge on any atom is 0.319 e. The number of hydrogen-bond donors (Lipinski definition) is 3. The van der Waals surface area contributed by atoms with Crippen LogP contribution in [-0.4, -0.2) is 87.7 Å². The first kappa shape index (κ1) is 26.0. The van der Waals surface area contributed by atoms with E-state index < -0.39 is 0 Å². The Morgan fingerprint density at radius 1 is 1.13 bits per heavy atom. The number of nitrogens with two attached hydrogens (primary N) is 1. The molecule has 2 aromatic heterocycles. The van der Waals surface area contributed by atoms with E-state index in [0.29, 0.717) is 57.9 Å². The minimum Gasteiger partial charge on any atom is -0.453 e. The number of piperidine rings is 1. The summed E-state index contributed by atoms with van der Waals surface area (Å²) in [6, 6.07) is 3.94. The molecule has 4 heterocycles. The van der Waals surface area contributed by atoms with Gasteiger partial charge in [0.15, 0.2) is 17.1 Å². The summed E-state index contributed by atoms with van der Waals surface area (Å²) in [5.74, 6) is 1.30. The molecular formula is C26H37N9O3. The maximum absolute atomic E-state index is 12.5. The average Bonchev–Trinajstić information content (AvgIpc) is 3.49. The minimum atomic E-state index is -0.379. The number of ether oxygens (including phenoxy) is 2. The van der Waals surface area contributed by atoms with E-state index in [2.05, 4.69) is 44.5 Å². The molecule has 38 heavy (non-hydrogen) atoms. The van der Waals surface area contributed by atoms with Gasteiger partial charge in [-0.1, -0.05) is 0 Å². The van der Waals surface area contributed by atoms with Gasteiger partial charge in [0, 0.05) is 23.7 Å². The Labute approximate surface area is 222 Å². The molecule has 0 radical (unpaired) electrons. The van der Waals surface area contributed by atoms with Gasteiger partial charge >= 0.3 is 6.03 Å². The lowest BCUT2D eigenvalue weighted by Gasteiger charge is -2.35. The Balaban J connectivity index is 1.42. The minimum absolute atomic E-state index is 0.0371. The molecule has 204 valence electrons. The molecule has 2 aliphatic heterocycles. The molecular weight excluding hydrogens is 486 g/mol. The number of benzene rings is 1. The van der Waals surface area contributed by atoms with Gasteiger partial charge in [-0.05, 0) is 72.9 Å². The number of carbonyl (C=O) groups excluding carboxylic acids is 1. The van der Waals surface area contributed by atoms with Gasteiger partial charge in [0.1, 0.15) is 17.8 Å². The highest BCUT2D eigenvalue weighted by molar-refractivity contribution is 6.01. The molecule has 0 bridgehead atoms. The monoisotopic (exact) mass is 523 g/mol. The van der Waals surface area contributed by atoms with E-state index in [4.69, 9.17) is 20.3 Å². The molecule has 12 nitrogen and oxygen atoms in total. The van der Waals surface area contributed by atoms with Crippen LogP contribution in [0, 0.1) is 0 Å². The number of carbonyl (C=O) groups is 1. The van der Waals surface area contributed by atoms with E-state index in [9.17, 15) is 4.79 Å². The summed E-state index contributed by atoms with van der Waals surface area (Å²) in [5.41, 5.74) is 8.47. The largest absolute Gasteiger partial charge is 0.453 e. The van der Waals surface area contributed by atoms with Crippen molar-refractivity contribution in [1.82, 2.24) is 34.9 Å². The van der Waals surface area contributed by atoms with Gasteiger partial charge in [0.25, 0.3) is 0 Å². The second-order valence-corrected chi connectivity index (χ2v) is 11.1. The Kier molecular flexibility index (Phi) is 7.01. The van der Waals surface area contributed by atoms with Crippen LogP contribution >= 0.6 is 0 Å². The number of likely N-dealkylation sites (tertiary alicyclic amines) is 1. The first-order valence-electron chi connectivity index (χ1n) is 13.0. The van der Waals surface area contributed by atoms with E-state index in [1.807, 2.05) is 31.5 Å². The maximum atomic E-state index is 12.5. The van der Waals surface area contributed by atoms with E-state index in [1.54, 1.807) is 6.07 Å². The quantitative estimate of drug-likeness (QED) is 0.446. The van der Waals surface area contributed by atoms with Gasteiger partial charge in [-0.2, -0.15) is 5.10 Å². The predicted octanol–water partition coefficient (Wildman–Crippen LogP) is 2.75. The molecule has 1 aromatic carbocycles. The molecule has 2 aliphatic rings. The normalized spacial score (nSPS) is 16.4. The number of nitrogens with one attached hydrogen (secondary N) is 2. The van der Waals surface area contributed by atoms with Crippen LogP contribution in [0.4, 0.5) is 16.3 Å². The topological polar surface area (TPSA) is 136 Å². The molecule has 1 fully saturated rings. The zero-order valence-corrected chi connectivity index (χ0v) is 22.7. The summed E-state index contributed by atoms with van der Waals surface area (Å²) in [6.07, 6.45) is 3.78. The van der Waals surface area contributed by atoms with E-state index in [-0.39, 0.29) is 18.4 Å². The summed E-state index contributed by atoms with van der Waals surface area (Å²) < 4.78 is 13.5. The van der Waals surface area contributed by atoms with Crippen LogP contribution in [0.25, 0.3) is 22.3 Å². The number of rotatable bonds is 6. The lowest BCUT2D eigenvalue weighted by atomic mass is 10.0. The Morgan fingerprint density at radius 2 is 1.87 bits per heavy atom. The Morgan fingerprint density at radius 3 is 2.58 bits per heavy atom. The lowest BCUT2D eigenvalue weighted by Crippen LogP contribution is -2.43. The van der Waals surface area contributed by atoms with Crippen molar-refractivity contribution >= 4 is 28.6 Å². The highest BCUT2D eigenvalue weighted by Crippen LogP contribution is 2.47. The summed E-state index contributed by atoms with van der Waals surface area (Å²) in [6.45, 7) is 9.44. The van der Waals surface area contributed by atoms with Gasteiger partial charge in [-0.15, -0.1) is 0 Å². The number of nitrogens with zero attached hydrogens (tertiary/aromatic N) is 6. The van der Waals surface area contributed by atoms with Crippen molar-refractivity contribution in [3.05, 3.63) is 18.5 Å². The predicted molar refractivity (Wildman–Crippen MR) is 146 cm³/mol. The second kappa shape index (κ2) is 10.3. The highest BCUT2D eigenvalue weighted by atomic mass is 16.7. The van der Waals surface area contributed by atoms with Crippen LogP contribution in [0.15, 0.2) is 18.5 Å². The molecule has 4 N–H and O–H groups in total. The van der Waals surface area contributed by atoms with Crippen LogP contribution in [0.3, 0.4) is 0 Å². The van der Waals surface area contributed by atoms with Gasteiger partial charge < -0.3 is 35.6 Å². The number of anilines is 2. The number of nitrogen functional groups attached to an aromatic ring is 1. The second-order valence-electron chi connectivity index (χ2n) is 11.1. The van der Waals surface area contributed by atoms with Crippen molar-refractivity contribution in [2.75, 3.05) is 51.6 Å². The Bertz CT molecular complexity index is 1320. The van der Waals surface area contributed by atoms with E-state index in [0.717, 1.165) is 32.5 Å². The molecule has 12 heteroatoms. The van der Waals surface area contributed by atoms with Crippen molar-refractivity contribution in [3.8, 4) is 22.8 Å². The molecule has 1 saturated heterocycles. The van der Waals surface area contributed by atoms with Crippen molar-refractivity contribution in [3.63, 3.8) is 0 Å². The lowest BCUT2D eigenvalue weighted by molar-refractivity contribution is 0.141. The van der Waals surface area contributed by atoms with Gasteiger partial charge in [0.05, 0.1) is 17.6 Å². The summed E-state index contributed by atoms with van der Waals surface area (Å²) in [5, 5.41) is 11.3. The van der Waals surface area contributed by atoms with E-state index >= 15 is 0 Å². The smallest absolute Gasteiger partial charge is 0.319 e. The van der Waals surface area contributed by atoms with Crippen LogP contribution in [-0.2, 0) is 6.54 Å². The summed E-state index contributed by atoms with van der Waals surface area (Å²) in [7, 11) is 4.30. The number of hydrogen-bond acceptors (Lipinski definition) is 9. The number of fused-ring (bicyclic) bond motifs is 2. The summed E-state index contributed by atoms with van der Waals surface area (Å²) >= 11 is 0. The molecule has 0 aliphatic carbocycles. The molecule has 2 amide bonds. The molecule has 5 rings (SSSR count). The zero-order chi connectivity index (χ0) is 27.0. The molecule has 3 aromatic rings. The Hall–Kier alpha value is -3.64. The van der Waals surface area contributed by atoms with Crippen molar-refractivity contribution in [1.29, 1.82) is 0 Å². The van der Waals surface area contributed by atoms with Gasteiger partial charge in [-0.3, -0.25) is 0 Å². The van der Waals surface area contributed by atoms with Crippen LogP contribution in [0.2, 0.25) is 0 Å². The SMILES string of the molecule is CN(C)C1CCN(CCn2nc(-c3ccc(NC(=O)NC(C)(C)C)c4c3OCO4)c3c(N)ncnc32)CC1. The number of urea groups is 1. The van der Waals surface area contributed by atoms with Crippen LogP contribution in [0.5, 0.6) is 11.5 Å². The molecule has 0 spiro atoms. The van der Waals surface area contributed by atoms with Crippen LogP contribution < -0.4 is 25.8 Å². The summed E-state index contributed by atoms with van der Waals surface area (Å²) in [4.78, 5) is 26.0. The first-order valence-corrected chi connectivity index (χ1v) is 13.0. The molecule has 0 unspecified atom stereocenters. The third kappa shape index (κ3) is 5.32. The van der Waals surface area contributed by atoms with Crippen molar-refractivity contribution in [2.24, 2.45) is 0 Å². The fourth-order valence-electron chi connectivity index (χ4n) is 5.05. The first-order chi connectivity index (χ1) is 18.1. The van der Waals surface area contributed by atoms with Crippen molar-refractivity contribution in [2.45, 2.75) is 51.7 Å².